The smallest absolute Gasteiger partial charge is 0.290 e. The number of fused-ring (bicyclic) bond motifs is 1. The van der Waals surface area contributed by atoms with Crippen LogP contribution < -0.4 is 10.1 Å². The topological polar surface area (TPSA) is 139 Å². The van der Waals surface area contributed by atoms with Gasteiger partial charge in [-0.3, -0.25) is 9.59 Å². The Balaban J connectivity index is 0.000000913. The van der Waals surface area contributed by atoms with E-state index in [1.165, 1.54) is 0 Å². The highest BCUT2D eigenvalue weighted by Gasteiger charge is 2.27. The number of methoxy groups -OCH3 is 1. The molecule has 3 heterocycles. The Morgan fingerprint density at radius 2 is 2.06 bits per heavy atom. The number of benzene rings is 1. The molecule has 2 N–H and O–H groups in total. The zero-order valence-corrected chi connectivity index (χ0v) is 18.2. The summed E-state index contributed by atoms with van der Waals surface area (Å²) >= 11 is 0. The number of nitrogens with one attached hydrogen (secondary N) is 1. The maximum Gasteiger partial charge on any atom is 0.290 e. The number of carbonyl (C=O) groups excluding carboxylic acids is 1. The molecule has 0 spiro atoms. The maximum atomic E-state index is 12.2. The van der Waals surface area contributed by atoms with Gasteiger partial charge in [0.25, 0.3) is 6.47 Å². The van der Waals surface area contributed by atoms with Gasteiger partial charge in [0.15, 0.2) is 11.2 Å². The van der Waals surface area contributed by atoms with Gasteiger partial charge in [-0.15, -0.1) is 5.10 Å². The predicted molar refractivity (Wildman–Crippen MR) is 117 cm³/mol. The molecule has 0 saturated carbocycles. The van der Waals surface area contributed by atoms with E-state index in [9.17, 15) is 4.79 Å². The minimum absolute atomic E-state index is 0.115. The molecule has 4 rings (SSSR count). The minimum atomic E-state index is -0.250. The number of nitrogens with zero attached hydrogens (tertiary/aromatic N) is 7. The first-order valence-corrected chi connectivity index (χ1v) is 9.95. The fourth-order valence-corrected chi connectivity index (χ4v) is 3.35. The summed E-state index contributed by atoms with van der Waals surface area (Å²) in [7, 11) is 5.42. The van der Waals surface area contributed by atoms with E-state index < -0.39 is 0 Å². The van der Waals surface area contributed by atoms with Crippen LogP contribution in [0.15, 0.2) is 30.5 Å². The van der Waals surface area contributed by atoms with Gasteiger partial charge in [-0.1, -0.05) is 5.21 Å². The molecule has 1 amide bonds. The van der Waals surface area contributed by atoms with Crippen molar-refractivity contribution >= 4 is 29.5 Å². The van der Waals surface area contributed by atoms with E-state index in [1.807, 2.05) is 48.2 Å². The lowest BCUT2D eigenvalue weighted by Gasteiger charge is -2.19. The Bertz CT molecular complexity index is 1050. The number of ether oxygens (including phenoxy) is 1. The molecule has 0 radical (unpaired) electrons. The van der Waals surface area contributed by atoms with Gasteiger partial charge in [-0.25, -0.2) is 4.98 Å². The van der Waals surface area contributed by atoms with Gasteiger partial charge in [0.2, 0.25) is 11.9 Å². The molecule has 1 aromatic carbocycles. The summed E-state index contributed by atoms with van der Waals surface area (Å²) in [6, 6.07) is 7.63. The second-order valence-corrected chi connectivity index (χ2v) is 7.41. The molecular formula is C20H26N8O4. The Labute approximate surface area is 184 Å². The number of amides is 1. The Kier molecular flexibility index (Phi) is 7.49. The highest BCUT2D eigenvalue weighted by molar-refractivity contribution is 5.78. The average Bonchev–Trinajstić information content (AvgIpc) is 3.41. The number of hydrogen-bond acceptors (Lipinski definition) is 9. The second-order valence-electron chi connectivity index (χ2n) is 7.41. The van der Waals surface area contributed by atoms with Crippen LogP contribution in [0.3, 0.4) is 0 Å². The number of hydrogen-bond donors (Lipinski definition) is 2. The van der Waals surface area contributed by atoms with Crippen molar-refractivity contribution in [1.29, 1.82) is 0 Å². The van der Waals surface area contributed by atoms with E-state index in [1.54, 1.807) is 18.0 Å². The second kappa shape index (κ2) is 10.5. The first-order chi connectivity index (χ1) is 15.4. The zero-order valence-electron chi connectivity index (χ0n) is 18.2. The third kappa shape index (κ3) is 5.46. The van der Waals surface area contributed by atoms with Crippen molar-refractivity contribution in [3.8, 4) is 11.4 Å². The monoisotopic (exact) mass is 442 g/mol. The number of carbonyl (C=O) groups is 2. The predicted octanol–water partition coefficient (Wildman–Crippen LogP) is 0.494. The zero-order chi connectivity index (χ0) is 23.1. The summed E-state index contributed by atoms with van der Waals surface area (Å²) in [6.07, 6.45) is 2.51. The average molecular weight is 442 g/mol. The van der Waals surface area contributed by atoms with Crippen molar-refractivity contribution in [2.45, 2.75) is 12.5 Å². The van der Waals surface area contributed by atoms with E-state index in [0.29, 0.717) is 30.2 Å². The third-order valence-electron chi connectivity index (χ3n) is 4.84. The molecule has 2 aromatic heterocycles. The van der Waals surface area contributed by atoms with Crippen LogP contribution in [0.2, 0.25) is 0 Å². The molecule has 12 nitrogen and oxygen atoms in total. The lowest BCUT2D eigenvalue weighted by Crippen LogP contribution is -2.37. The van der Waals surface area contributed by atoms with Crippen LogP contribution in [0.5, 0.6) is 5.75 Å². The van der Waals surface area contributed by atoms with Crippen molar-refractivity contribution in [3.05, 3.63) is 30.5 Å². The molecule has 1 fully saturated rings. The van der Waals surface area contributed by atoms with Crippen molar-refractivity contribution in [3.63, 3.8) is 0 Å². The number of likely N-dealkylation sites (tertiary alicyclic amines) is 1. The molecular weight excluding hydrogens is 416 g/mol. The summed E-state index contributed by atoms with van der Waals surface area (Å²) in [5.41, 5.74) is 2.06. The number of carboxylic acid groups (broad SMARTS) is 1. The summed E-state index contributed by atoms with van der Waals surface area (Å²) in [5, 5.41) is 18.6. The molecule has 1 aliphatic heterocycles. The van der Waals surface area contributed by atoms with E-state index in [0.717, 1.165) is 24.4 Å². The van der Waals surface area contributed by atoms with E-state index in [2.05, 4.69) is 25.6 Å². The van der Waals surface area contributed by atoms with Crippen molar-refractivity contribution in [1.82, 2.24) is 34.8 Å². The van der Waals surface area contributed by atoms with Crippen LogP contribution in [0.1, 0.15) is 6.42 Å². The SMILES string of the molecule is COc1ccc(-n2nnc3cnc(N[C@@H]4CCN(C(=O)CN(C)C)C4)nc32)cc1.O=CO. The Morgan fingerprint density at radius 1 is 1.34 bits per heavy atom. The Hall–Kier alpha value is -3.80. The molecule has 3 aromatic rings. The molecule has 1 saturated heterocycles. The van der Waals surface area contributed by atoms with Crippen LogP contribution in [0.25, 0.3) is 16.9 Å². The highest BCUT2D eigenvalue weighted by Crippen LogP contribution is 2.19. The fourth-order valence-electron chi connectivity index (χ4n) is 3.35. The van der Waals surface area contributed by atoms with Crippen LogP contribution in [0, 0.1) is 0 Å². The molecule has 12 heteroatoms. The Morgan fingerprint density at radius 3 is 2.72 bits per heavy atom. The summed E-state index contributed by atoms with van der Waals surface area (Å²) in [5.74, 6) is 1.41. The van der Waals surface area contributed by atoms with Crippen LogP contribution in [-0.2, 0) is 9.59 Å². The number of anilines is 1. The minimum Gasteiger partial charge on any atom is -0.497 e. The highest BCUT2D eigenvalue weighted by atomic mass is 16.5. The van der Waals surface area contributed by atoms with Gasteiger partial charge in [-0.2, -0.15) is 9.67 Å². The standard InChI is InChI=1S/C19H24N8O2.CH2O2/c1-25(2)12-17(28)26-9-8-13(11-26)21-19-20-10-16-18(22-19)27(24-23-16)14-4-6-15(29-3)7-5-14;2-1-3/h4-7,10,13H,8-9,11-12H2,1-3H3,(H,20,21,22);1H,(H,2,3)/t13-;/m1./s1. The number of aromatic nitrogens is 5. The van der Waals surface area contributed by atoms with Crippen LogP contribution in [0.4, 0.5) is 5.95 Å². The van der Waals surface area contributed by atoms with Gasteiger partial charge < -0.3 is 25.0 Å². The van der Waals surface area contributed by atoms with Gasteiger partial charge in [0.05, 0.1) is 25.5 Å². The molecule has 1 atom stereocenters. The lowest BCUT2D eigenvalue weighted by atomic mass is 10.3. The van der Waals surface area contributed by atoms with Crippen LogP contribution in [-0.4, -0.2) is 99.1 Å². The molecule has 170 valence electrons. The maximum absolute atomic E-state index is 12.2. The van der Waals surface area contributed by atoms with Crippen molar-refractivity contribution < 1.29 is 19.4 Å². The van der Waals surface area contributed by atoms with Crippen molar-refractivity contribution in [2.75, 3.05) is 46.2 Å². The van der Waals surface area contributed by atoms with Crippen molar-refractivity contribution in [2.24, 2.45) is 0 Å². The van der Waals surface area contributed by atoms with Gasteiger partial charge >= 0.3 is 0 Å². The fraction of sp³-hybridized carbons (Fsp3) is 0.400. The number of rotatable bonds is 6. The van der Waals surface area contributed by atoms with Crippen LogP contribution >= 0.6 is 0 Å². The summed E-state index contributed by atoms with van der Waals surface area (Å²) in [6.45, 7) is 1.55. The molecule has 1 aliphatic rings. The van der Waals surface area contributed by atoms with E-state index in [-0.39, 0.29) is 18.4 Å². The lowest BCUT2D eigenvalue weighted by molar-refractivity contribution is -0.130. The first-order valence-electron chi connectivity index (χ1n) is 9.95. The quantitative estimate of drug-likeness (QED) is 0.519. The first kappa shape index (κ1) is 22.9. The number of likely N-dealkylation sites (N-methyl/N-ethyl adjacent to an activating group) is 1. The normalized spacial score (nSPS) is 15.4. The van der Waals surface area contributed by atoms with E-state index in [4.69, 9.17) is 14.6 Å². The third-order valence-corrected chi connectivity index (χ3v) is 4.84. The van der Waals surface area contributed by atoms with Gasteiger partial charge in [0.1, 0.15) is 5.75 Å². The summed E-state index contributed by atoms with van der Waals surface area (Å²) < 4.78 is 6.87. The van der Waals surface area contributed by atoms with E-state index >= 15 is 0 Å². The molecule has 0 unspecified atom stereocenters. The molecule has 32 heavy (non-hydrogen) atoms. The van der Waals surface area contributed by atoms with Gasteiger partial charge in [0, 0.05) is 19.1 Å². The summed E-state index contributed by atoms with van der Waals surface area (Å²) in [4.78, 5) is 33.3. The molecule has 0 bridgehead atoms. The largest absolute Gasteiger partial charge is 0.497 e. The molecule has 0 aliphatic carbocycles. The van der Waals surface area contributed by atoms with Gasteiger partial charge in [-0.05, 0) is 44.8 Å².